The lowest BCUT2D eigenvalue weighted by molar-refractivity contribution is -0.0682. The van der Waals surface area contributed by atoms with Crippen molar-refractivity contribution in [3.8, 4) is 5.75 Å². The number of aliphatic hydroxyl groups excluding tert-OH is 2. The average molecular weight is 587 g/mol. The summed E-state index contributed by atoms with van der Waals surface area (Å²) in [5, 5.41) is 29.7. The van der Waals surface area contributed by atoms with Crippen LogP contribution in [-0.4, -0.2) is 88.5 Å². The minimum absolute atomic E-state index is 0.101. The van der Waals surface area contributed by atoms with Crippen molar-refractivity contribution >= 4 is 6.09 Å². The second kappa shape index (κ2) is 15.2. The fourth-order valence-electron chi connectivity index (χ4n) is 8.28. The zero-order valence-electron chi connectivity index (χ0n) is 25.7. The van der Waals surface area contributed by atoms with Gasteiger partial charge >= 0.3 is 6.09 Å². The molecule has 2 heterocycles. The number of carbonyl (C=O) groups is 1. The number of unbranched alkanes of at least 4 members (excludes halogenated alkanes) is 2. The van der Waals surface area contributed by atoms with Crippen molar-refractivity contribution in [3.05, 3.63) is 29.3 Å². The quantitative estimate of drug-likeness (QED) is 0.236. The van der Waals surface area contributed by atoms with Crippen molar-refractivity contribution in [1.82, 2.24) is 9.80 Å². The Hall–Kier alpha value is -1.87. The molecule has 8 nitrogen and oxygen atoms in total. The van der Waals surface area contributed by atoms with Crippen molar-refractivity contribution in [1.29, 1.82) is 0 Å². The van der Waals surface area contributed by atoms with Crippen molar-refractivity contribution < 1.29 is 29.6 Å². The summed E-state index contributed by atoms with van der Waals surface area (Å²) in [5.41, 5.74) is 2.38. The number of aliphatic hydroxyl groups is 3. The highest BCUT2D eigenvalue weighted by Gasteiger charge is 2.45. The lowest BCUT2D eigenvalue weighted by Crippen LogP contribution is -2.48. The summed E-state index contributed by atoms with van der Waals surface area (Å²) in [7, 11) is 0. The largest absolute Gasteiger partial charge is 0.488 e. The standard InChI is InChI=1S/C34H54N2O6/c1-2-3-5-10-27(42-34(40)36-18-14-26(15-19-36)35-16-6-4-7-17-35)12-13-28-29-20-24-9-8-11-32(41-23-33(38)39)30(24)21-25(29)22-31(28)37/h8-9,11,25-29,31,33,37-39H,2-7,10,12-23H2,1H3/t25-,27-,28+,29-,31+/m0/s1. The van der Waals surface area contributed by atoms with Crippen LogP contribution in [0, 0.1) is 17.8 Å². The summed E-state index contributed by atoms with van der Waals surface area (Å²) in [5.74, 6) is 1.69. The normalized spacial score (nSPS) is 27.5. The molecule has 0 unspecified atom stereocenters. The van der Waals surface area contributed by atoms with E-state index in [4.69, 9.17) is 9.47 Å². The van der Waals surface area contributed by atoms with Crippen molar-refractivity contribution in [2.24, 2.45) is 17.8 Å². The highest BCUT2D eigenvalue weighted by molar-refractivity contribution is 5.68. The van der Waals surface area contributed by atoms with Crippen LogP contribution >= 0.6 is 0 Å². The Morgan fingerprint density at radius 3 is 2.55 bits per heavy atom. The van der Waals surface area contributed by atoms with Gasteiger partial charge in [-0.05, 0) is 119 Å². The SMILES string of the molecule is CCCCC[C@@H](CC[C@@H]1[C@H]2Cc3cccc(OCC(O)O)c3C[C@H]2C[C@H]1O)OC(=O)N1CCC(N2CCCCC2)CC1. The number of hydrogen-bond donors (Lipinski definition) is 3. The molecule has 3 fully saturated rings. The van der Waals surface area contributed by atoms with Crippen LogP contribution < -0.4 is 4.74 Å². The molecule has 5 atom stereocenters. The predicted octanol–water partition coefficient (Wildman–Crippen LogP) is 4.90. The van der Waals surface area contributed by atoms with E-state index in [1.54, 1.807) is 0 Å². The van der Waals surface area contributed by atoms with E-state index in [-0.39, 0.29) is 30.8 Å². The first-order valence-corrected chi connectivity index (χ1v) is 16.9. The van der Waals surface area contributed by atoms with Gasteiger partial charge in [-0.15, -0.1) is 0 Å². The molecule has 3 N–H and O–H groups in total. The fourth-order valence-corrected chi connectivity index (χ4v) is 8.28. The van der Waals surface area contributed by atoms with Crippen LogP contribution in [0.3, 0.4) is 0 Å². The van der Waals surface area contributed by atoms with Crippen LogP contribution in [0.2, 0.25) is 0 Å². The zero-order chi connectivity index (χ0) is 29.5. The number of nitrogens with zero attached hydrogens (tertiary/aromatic N) is 2. The van der Waals surface area contributed by atoms with E-state index in [0.717, 1.165) is 95.0 Å². The Labute approximate surface area is 252 Å². The van der Waals surface area contributed by atoms with Crippen LogP contribution in [0.25, 0.3) is 0 Å². The molecule has 2 aliphatic heterocycles. The molecule has 5 rings (SSSR count). The molecule has 2 aliphatic carbocycles. The summed E-state index contributed by atoms with van der Waals surface area (Å²) in [6, 6.07) is 6.61. The maximum atomic E-state index is 13.3. The molecule has 236 valence electrons. The molecule has 1 amide bonds. The predicted molar refractivity (Wildman–Crippen MR) is 162 cm³/mol. The Kier molecular flexibility index (Phi) is 11.4. The van der Waals surface area contributed by atoms with Gasteiger partial charge in [-0.1, -0.05) is 38.3 Å². The molecule has 4 aliphatic rings. The van der Waals surface area contributed by atoms with E-state index in [2.05, 4.69) is 17.9 Å². The van der Waals surface area contributed by atoms with Gasteiger partial charge in [0.25, 0.3) is 0 Å². The van der Waals surface area contributed by atoms with Gasteiger partial charge in [-0.25, -0.2) is 4.79 Å². The Bertz CT molecular complexity index is 990. The minimum Gasteiger partial charge on any atom is -0.488 e. The third-order valence-corrected chi connectivity index (χ3v) is 10.6. The number of fused-ring (bicyclic) bond motifs is 2. The summed E-state index contributed by atoms with van der Waals surface area (Å²) < 4.78 is 11.9. The number of carbonyl (C=O) groups excluding carboxylic acids is 1. The molecule has 0 radical (unpaired) electrons. The number of ether oxygens (including phenoxy) is 2. The van der Waals surface area contributed by atoms with Crippen LogP contribution in [-0.2, 0) is 17.6 Å². The molecule has 0 bridgehead atoms. The number of piperidine rings is 2. The molecule has 1 saturated carbocycles. The first-order valence-electron chi connectivity index (χ1n) is 16.9. The molecular formula is C34H54N2O6. The van der Waals surface area contributed by atoms with Crippen LogP contribution in [0.1, 0.15) is 95.1 Å². The third kappa shape index (κ3) is 7.99. The van der Waals surface area contributed by atoms with Gasteiger partial charge in [0.05, 0.1) is 6.10 Å². The second-order valence-electron chi connectivity index (χ2n) is 13.4. The molecule has 0 aromatic heterocycles. The number of hydrogen-bond acceptors (Lipinski definition) is 7. The lowest BCUT2D eigenvalue weighted by Gasteiger charge is -2.40. The first kappa shape index (κ1) is 31.6. The second-order valence-corrected chi connectivity index (χ2v) is 13.4. The average Bonchev–Trinajstić information content (AvgIpc) is 3.31. The minimum atomic E-state index is -1.50. The Morgan fingerprint density at radius 2 is 1.81 bits per heavy atom. The van der Waals surface area contributed by atoms with E-state index < -0.39 is 6.29 Å². The van der Waals surface area contributed by atoms with Crippen molar-refractivity contribution in [2.75, 3.05) is 32.8 Å². The molecule has 1 aromatic rings. The maximum Gasteiger partial charge on any atom is 0.410 e. The van der Waals surface area contributed by atoms with E-state index in [1.165, 1.54) is 37.9 Å². The molecule has 1 aromatic carbocycles. The van der Waals surface area contributed by atoms with Gasteiger partial charge in [0.1, 0.15) is 18.5 Å². The van der Waals surface area contributed by atoms with Crippen molar-refractivity contribution in [3.63, 3.8) is 0 Å². The molecule has 42 heavy (non-hydrogen) atoms. The van der Waals surface area contributed by atoms with Crippen LogP contribution in [0.15, 0.2) is 18.2 Å². The third-order valence-electron chi connectivity index (χ3n) is 10.6. The maximum absolute atomic E-state index is 13.3. The Morgan fingerprint density at radius 1 is 1.02 bits per heavy atom. The molecular weight excluding hydrogens is 532 g/mol. The monoisotopic (exact) mass is 586 g/mol. The Balaban J connectivity index is 1.16. The zero-order valence-corrected chi connectivity index (χ0v) is 25.7. The van der Waals surface area contributed by atoms with Gasteiger partial charge in [0.2, 0.25) is 0 Å². The van der Waals surface area contributed by atoms with Gasteiger partial charge in [0.15, 0.2) is 6.29 Å². The van der Waals surface area contributed by atoms with Crippen LogP contribution in [0.5, 0.6) is 5.75 Å². The molecule has 0 spiro atoms. The summed E-state index contributed by atoms with van der Waals surface area (Å²) >= 11 is 0. The smallest absolute Gasteiger partial charge is 0.410 e. The number of amides is 1. The number of benzene rings is 1. The topological polar surface area (TPSA) is 103 Å². The van der Waals surface area contributed by atoms with Gasteiger partial charge in [-0.3, -0.25) is 0 Å². The van der Waals surface area contributed by atoms with E-state index in [0.29, 0.717) is 17.9 Å². The van der Waals surface area contributed by atoms with E-state index in [9.17, 15) is 20.1 Å². The molecule has 2 saturated heterocycles. The van der Waals surface area contributed by atoms with Crippen LogP contribution in [0.4, 0.5) is 4.79 Å². The van der Waals surface area contributed by atoms with E-state index in [1.807, 2.05) is 17.0 Å². The number of rotatable bonds is 12. The summed E-state index contributed by atoms with van der Waals surface area (Å²) in [6.45, 7) is 6.04. The lowest BCUT2D eigenvalue weighted by atomic mass is 9.73. The highest BCUT2D eigenvalue weighted by Crippen LogP contribution is 2.48. The van der Waals surface area contributed by atoms with Crippen molar-refractivity contribution in [2.45, 2.75) is 121 Å². The summed E-state index contributed by atoms with van der Waals surface area (Å²) in [4.78, 5) is 17.8. The first-order chi connectivity index (χ1) is 20.4. The molecule has 8 heteroatoms. The van der Waals surface area contributed by atoms with E-state index >= 15 is 0 Å². The van der Waals surface area contributed by atoms with Gasteiger partial charge < -0.3 is 34.6 Å². The highest BCUT2D eigenvalue weighted by atomic mass is 16.6. The fraction of sp³-hybridized carbons (Fsp3) is 0.794. The number of likely N-dealkylation sites (tertiary alicyclic amines) is 2. The van der Waals surface area contributed by atoms with Gasteiger partial charge in [0, 0.05) is 19.1 Å². The van der Waals surface area contributed by atoms with Gasteiger partial charge in [-0.2, -0.15) is 0 Å². The summed E-state index contributed by atoms with van der Waals surface area (Å²) in [6.07, 6.45) is 12.3.